The molecule has 0 radical (unpaired) electrons. The monoisotopic (exact) mass is 155 g/mol. The molecule has 2 atom stereocenters. The predicted octanol–water partition coefficient (Wildman–Crippen LogP) is 1.31. The molecule has 1 rings (SSSR count). The van der Waals surface area contributed by atoms with E-state index in [4.69, 9.17) is 0 Å². The zero-order valence-corrected chi connectivity index (χ0v) is 7.63. The summed E-state index contributed by atoms with van der Waals surface area (Å²) in [7, 11) is 0. The molecule has 0 aromatic rings. The van der Waals surface area contributed by atoms with Crippen molar-refractivity contribution in [3.8, 4) is 0 Å². The molecule has 2 heteroatoms. The van der Waals surface area contributed by atoms with Gasteiger partial charge in [-0.2, -0.15) is 0 Å². The first-order chi connectivity index (χ1) is 5.15. The van der Waals surface area contributed by atoms with E-state index >= 15 is 0 Å². The summed E-state index contributed by atoms with van der Waals surface area (Å²) < 4.78 is 0. The van der Waals surface area contributed by atoms with E-state index in [9.17, 15) is 4.79 Å². The van der Waals surface area contributed by atoms with Crippen molar-refractivity contribution in [2.75, 3.05) is 13.1 Å². The fourth-order valence-corrected chi connectivity index (χ4v) is 1.70. The molecule has 1 saturated heterocycles. The molecule has 0 saturated carbocycles. The van der Waals surface area contributed by atoms with Crippen molar-refractivity contribution in [2.24, 2.45) is 5.92 Å². The molecule has 1 heterocycles. The third kappa shape index (κ3) is 1.80. The van der Waals surface area contributed by atoms with Gasteiger partial charge in [0.25, 0.3) is 0 Å². The molecule has 0 unspecified atom stereocenters. The van der Waals surface area contributed by atoms with E-state index in [0.717, 1.165) is 19.5 Å². The van der Waals surface area contributed by atoms with Crippen molar-refractivity contribution in [3.63, 3.8) is 0 Å². The molecular weight excluding hydrogens is 138 g/mol. The summed E-state index contributed by atoms with van der Waals surface area (Å²) in [6, 6.07) is 0.462. The Kier molecular flexibility index (Phi) is 2.66. The molecule has 0 aliphatic carbocycles. The number of Topliss-reactive ketones (excluding diaryl/α,β-unsaturated/α-hetero) is 1. The average molecular weight is 155 g/mol. The number of carbonyl (C=O) groups is 1. The molecule has 1 aliphatic rings. The van der Waals surface area contributed by atoms with Crippen LogP contribution >= 0.6 is 0 Å². The second kappa shape index (κ2) is 3.35. The summed E-state index contributed by atoms with van der Waals surface area (Å²) >= 11 is 0. The van der Waals surface area contributed by atoms with Gasteiger partial charge in [0.1, 0.15) is 5.78 Å². The predicted molar refractivity (Wildman–Crippen MR) is 45.5 cm³/mol. The quantitative estimate of drug-likeness (QED) is 0.569. The van der Waals surface area contributed by atoms with Crippen LogP contribution in [0.3, 0.4) is 0 Å². The molecule has 0 aromatic carbocycles. The van der Waals surface area contributed by atoms with E-state index in [1.165, 1.54) is 0 Å². The highest BCUT2D eigenvalue weighted by molar-refractivity contribution is 5.82. The van der Waals surface area contributed by atoms with E-state index < -0.39 is 0 Å². The average Bonchev–Trinajstić information content (AvgIpc) is 1.97. The van der Waals surface area contributed by atoms with E-state index in [1.807, 2.05) is 6.92 Å². The molecule has 64 valence electrons. The Hall–Kier alpha value is -0.370. The Bertz CT molecular complexity index is 156. The molecule has 0 spiro atoms. The first kappa shape index (κ1) is 8.72. The van der Waals surface area contributed by atoms with Crippen LogP contribution in [0.4, 0.5) is 0 Å². The Morgan fingerprint density at radius 1 is 1.55 bits per heavy atom. The normalized spacial score (nSPS) is 34.3. The van der Waals surface area contributed by atoms with Gasteiger partial charge in [0.2, 0.25) is 0 Å². The molecule has 0 aromatic heterocycles. The van der Waals surface area contributed by atoms with Gasteiger partial charge in [-0.25, -0.2) is 0 Å². The van der Waals surface area contributed by atoms with Crippen LogP contribution in [0.25, 0.3) is 0 Å². The zero-order chi connectivity index (χ0) is 8.43. The van der Waals surface area contributed by atoms with Crippen LogP contribution in [0.5, 0.6) is 0 Å². The maximum Gasteiger partial charge on any atom is 0.138 e. The largest absolute Gasteiger partial charge is 0.300 e. The van der Waals surface area contributed by atoms with Crippen LogP contribution in [0.15, 0.2) is 0 Å². The number of hydrogen-bond acceptors (Lipinski definition) is 2. The smallest absolute Gasteiger partial charge is 0.138 e. The minimum absolute atomic E-state index is 0.256. The van der Waals surface area contributed by atoms with Crippen molar-refractivity contribution in [1.82, 2.24) is 4.90 Å². The van der Waals surface area contributed by atoms with Crippen molar-refractivity contribution >= 4 is 5.78 Å². The lowest BCUT2D eigenvalue weighted by Crippen LogP contribution is -2.45. The summed E-state index contributed by atoms with van der Waals surface area (Å²) in [5.41, 5.74) is 0. The van der Waals surface area contributed by atoms with E-state index in [1.54, 1.807) is 0 Å². The number of rotatable bonds is 1. The molecule has 0 N–H and O–H groups in total. The van der Waals surface area contributed by atoms with Crippen LogP contribution in [-0.4, -0.2) is 29.8 Å². The number of likely N-dealkylation sites (tertiary alicyclic amines) is 1. The van der Waals surface area contributed by atoms with Gasteiger partial charge >= 0.3 is 0 Å². The van der Waals surface area contributed by atoms with Gasteiger partial charge in [-0.05, 0) is 13.5 Å². The highest BCUT2D eigenvalue weighted by Gasteiger charge is 2.27. The topological polar surface area (TPSA) is 20.3 Å². The second-order valence-corrected chi connectivity index (χ2v) is 3.51. The first-order valence-electron chi connectivity index (χ1n) is 4.42. The Balaban J connectivity index is 2.54. The zero-order valence-electron chi connectivity index (χ0n) is 7.63. The van der Waals surface area contributed by atoms with Crippen LogP contribution in [0.2, 0.25) is 0 Å². The third-order valence-corrected chi connectivity index (χ3v) is 2.58. The van der Waals surface area contributed by atoms with Crippen LogP contribution in [0, 0.1) is 5.92 Å². The molecule has 0 amide bonds. The lowest BCUT2D eigenvalue weighted by molar-refractivity contribution is -0.127. The number of carbonyl (C=O) groups excluding carboxylic acids is 1. The molecule has 1 fully saturated rings. The van der Waals surface area contributed by atoms with E-state index in [2.05, 4.69) is 18.7 Å². The molecule has 2 nitrogen and oxygen atoms in total. The van der Waals surface area contributed by atoms with E-state index in [-0.39, 0.29) is 5.92 Å². The van der Waals surface area contributed by atoms with Gasteiger partial charge < -0.3 is 0 Å². The minimum Gasteiger partial charge on any atom is -0.300 e. The van der Waals surface area contributed by atoms with Gasteiger partial charge in [-0.15, -0.1) is 0 Å². The van der Waals surface area contributed by atoms with Gasteiger partial charge in [-0.1, -0.05) is 13.8 Å². The van der Waals surface area contributed by atoms with Crippen molar-refractivity contribution in [1.29, 1.82) is 0 Å². The lowest BCUT2D eigenvalue weighted by Gasteiger charge is -2.34. The van der Waals surface area contributed by atoms with Crippen LogP contribution < -0.4 is 0 Å². The highest BCUT2D eigenvalue weighted by atomic mass is 16.1. The van der Waals surface area contributed by atoms with Crippen molar-refractivity contribution in [2.45, 2.75) is 33.2 Å². The first-order valence-corrected chi connectivity index (χ1v) is 4.42. The summed E-state index contributed by atoms with van der Waals surface area (Å²) in [4.78, 5) is 13.6. The number of ketones is 1. The number of hydrogen-bond donors (Lipinski definition) is 0. The molecule has 1 aliphatic heterocycles. The third-order valence-electron chi connectivity index (χ3n) is 2.58. The standard InChI is InChI=1S/C9H17NO/c1-4-10-6-7(2)9(11)5-8(10)3/h7-8H,4-6H2,1-3H3/t7-,8-/m0/s1. The van der Waals surface area contributed by atoms with Gasteiger partial charge in [0, 0.05) is 24.9 Å². The fraction of sp³-hybridized carbons (Fsp3) is 0.889. The van der Waals surface area contributed by atoms with Gasteiger partial charge in [0.15, 0.2) is 0 Å². The van der Waals surface area contributed by atoms with Gasteiger partial charge in [0.05, 0.1) is 0 Å². The summed E-state index contributed by atoms with van der Waals surface area (Å²) in [6.45, 7) is 8.33. The molecule has 11 heavy (non-hydrogen) atoms. The maximum absolute atomic E-state index is 11.2. The SMILES string of the molecule is CCN1C[C@H](C)C(=O)C[C@@H]1C. The van der Waals surface area contributed by atoms with E-state index in [0.29, 0.717) is 11.8 Å². The summed E-state index contributed by atoms with van der Waals surface area (Å²) in [5, 5.41) is 0. The molecular formula is C9H17NO. The number of piperidine rings is 1. The minimum atomic E-state index is 0.256. The second-order valence-electron chi connectivity index (χ2n) is 3.51. The van der Waals surface area contributed by atoms with Crippen molar-refractivity contribution < 1.29 is 4.79 Å². The van der Waals surface area contributed by atoms with Crippen LogP contribution in [-0.2, 0) is 4.79 Å². The number of nitrogens with zero attached hydrogens (tertiary/aromatic N) is 1. The van der Waals surface area contributed by atoms with Crippen LogP contribution in [0.1, 0.15) is 27.2 Å². The Morgan fingerprint density at radius 2 is 2.18 bits per heavy atom. The summed E-state index contributed by atoms with van der Waals surface area (Å²) in [6.07, 6.45) is 0.745. The molecule has 0 bridgehead atoms. The lowest BCUT2D eigenvalue weighted by atomic mass is 9.94. The highest BCUT2D eigenvalue weighted by Crippen LogP contribution is 2.17. The van der Waals surface area contributed by atoms with Crippen molar-refractivity contribution in [3.05, 3.63) is 0 Å². The fourth-order valence-electron chi connectivity index (χ4n) is 1.70. The Labute approximate surface area is 68.6 Å². The van der Waals surface area contributed by atoms with Gasteiger partial charge in [-0.3, -0.25) is 9.69 Å². The Morgan fingerprint density at radius 3 is 2.73 bits per heavy atom. The summed E-state index contributed by atoms with van der Waals surface area (Å²) in [5.74, 6) is 0.688. The maximum atomic E-state index is 11.2.